The summed E-state index contributed by atoms with van der Waals surface area (Å²) in [6, 6.07) is 15.1. The number of hydrazone groups is 1. The Morgan fingerprint density at radius 1 is 1.15 bits per heavy atom. The normalized spacial score (nSPS) is 14.0. The number of benzene rings is 2. The summed E-state index contributed by atoms with van der Waals surface area (Å²) in [7, 11) is 1.56. The van der Waals surface area contributed by atoms with Crippen molar-refractivity contribution >= 4 is 17.9 Å². The number of amides is 1. The lowest BCUT2D eigenvalue weighted by atomic mass is 10.2. The Morgan fingerprint density at radius 2 is 1.97 bits per heavy atom. The maximum Gasteiger partial charge on any atom is 0.292 e. The van der Waals surface area contributed by atoms with E-state index in [0.717, 1.165) is 5.56 Å². The van der Waals surface area contributed by atoms with Gasteiger partial charge in [0.2, 0.25) is 11.6 Å². The lowest BCUT2D eigenvalue weighted by Crippen LogP contribution is -2.36. The molecule has 0 saturated carbocycles. The third-order valence-corrected chi connectivity index (χ3v) is 5.95. The van der Waals surface area contributed by atoms with Gasteiger partial charge in [-0.2, -0.15) is 9.78 Å². The molecule has 4 aromatic rings. The van der Waals surface area contributed by atoms with E-state index in [9.17, 15) is 4.79 Å². The Hall–Kier alpha value is -4.82. The number of para-hydroxylation sites is 1. The molecule has 5 rings (SSSR count). The van der Waals surface area contributed by atoms with Gasteiger partial charge in [0, 0.05) is 25.2 Å². The Morgan fingerprint density at radius 3 is 2.72 bits per heavy atom. The number of nitrogen functional groups attached to an aromatic ring is 1. The predicted octanol–water partition coefficient (Wildman–Crippen LogP) is 1.42. The van der Waals surface area contributed by atoms with E-state index in [1.165, 1.54) is 10.9 Å². The monoisotopic (exact) mass is 533 g/mol. The van der Waals surface area contributed by atoms with Gasteiger partial charge in [0.15, 0.2) is 17.2 Å². The first-order valence-electron chi connectivity index (χ1n) is 12.1. The number of carbonyl (C=O) groups is 1. The summed E-state index contributed by atoms with van der Waals surface area (Å²) in [5.74, 6) is 0.464. The molecule has 0 unspecified atom stereocenters. The molecule has 1 aliphatic rings. The predicted molar refractivity (Wildman–Crippen MR) is 139 cm³/mol. The molecule has 14 heteroatoms. The van der Waals surface area contributed by atoms with Gasteiger partial charge in [-0.1, -0.05) is 41.6 Å². The smallest absolute Gasteiger partial charge is 0.292 e. The number of morpholine rings is 1. The van der Waals surface area contributed by atoms with Gasteiger partial charge in [0.1, 0.15) is 12.3 Å². The van der Waals surface area contributed by atoms with Crippen LogP contribution in [0, 0.1) is 0 Å². The second-order valence-electron chi connectivity index (χ2n) is 8.51. The Balaban J connectivity index is 1.37. The van der Waals surface area contributed by atoms with Gasteiger partial charge in [0.25, 0.3) is 5.91 Å². The fourth-order valence-corrected chi connectivity index (χ4v) is 4.00. The second kappa shape index (κ2) is 12.1. The van der Waals surface area contributed by atoms with Crippen molar-refractivity contribution in [3.63, 3.8) is 0 Å². The first-order valence-corrected chi connectivity index (χ1v) is 12.1. The molecule has 14 nitrogen and oxygen atoms in total. The van der Waals surface area contributed by atoms with Gasteiger partial charge in [-0.05, 0) is 28.0 Å². The molecule has 202 valence electrons. The Bertz CT molecular complexity index is 1430. The number of hydrogen-bond acceptors (Lipinski definition) is 12. The molecule has 1 fully saturated rings. The Kier molecular flexibility index (Phi) is 8.04. The van der Waals surface area contributed by atoms with Crippen LogP contribution in [0.15, 0.2) is 58.3 Å². The lowest BCUT2D eigenvalue weighted by molar-refractivity contribution is 0.0335. The van der Waals surface area contributed by atoms with E-state index < -0.39 is 5.91 Å². The summed E-state index contributed by atoms with van der Waals surface area (Å²) < 4.78 is 22.8. The van der Waals surface area contributed by atoms with Crippen molar-refractivity contribution in [3.05, 3.63) is 71.0 Å². The molecule has 1 amide bonds. The van der Waals surface area contributed by atoms with Gasteiger partial charge >= 0.3 is 0 Å². The van der Waals surface area contributed by atoms with Crippen LogP contribution < -0.4 is 20.6 Å². The van der Waals surface area contributed by atoms with Crippen LogP contribution >= 0.6 is 0 Å². The summed E-state index contributed by atoms with van der Waals surface area (Å²) in [6.45, 7) is 3.28. The molecule has 0 atom stereocenters. The van der Waals surface area contributed by atoms with E-state index in [-0.39, 0.29) is 17.3 Å². The lowest BCUT2D eigenvalue weighted by Gasteiger charge is -2.25. The number of nitrogens with one attached hydrogen (secondary N) is 1. The van der Waals surface area contributed by atoms with Gasteiger partial charge in [-0.3, -0.25) is 9.69 Å². The zero-order valence-electron chi connectivity index (χ0n) is 21.2. The highest BCUT2D eigenvalue weighted by molar-refractivity contribution is 5.95. The molecule has 1 aliphatic heterocycles. The van der Waals surface area contributed by atoms with Crippen LogP contribution in [-0.4, -0.2) is 75.7 Å². The zero-order valence-corrected chi connectivity index (χ0v) is 21.2. The largest absolute Gasteiger partial charge is 0.493 e. The Labute approximate surface area is 223 Å². The molecule has 39 heavy (non-hydrogen) atoms. The van der Waals surface area contributed by atoms with Crippen LogP contribution in [0.2, 0.25) is 0 Å². The van der Waals surface area contributed by atoms with Gasteiger partial charge in [-0.25, -0.2) is 10.1 Å². The SMILES string of the molecule is COc1cccc(/C=N/NC(=O)c2c(CN3CCOCC3)nnn2-c2nonc2N)c1OCc1ccccc1. The average molecular weight is 534 g/mol. The van der Waals surface area contributed by atoms with E-state index in [4.69, 9.17) is 24.6 Å². The van der Waals surface area contributed by atoms with Crippen molar-refractivity contribution in [2.24, 2.45) is 5.10 Å². The van der Waals surface area contributed by atoms with Gasteiger partial charge in [0.05, 0.1) is 26.5 Å². The average Bonchev–Trinajstić information content (AvgIpc) is 3.58. The quantitative estimate of drug-likeness (QED) is 0.223. The molecule has 3 N–H and O–H groups in total. The van der Waals surface area contributed by atoms with Crippen molar-refractivity contribution in [1.82, 2.24) is 35.6 Å². The van der Waals surface area contributed by atoms with Crippen molar-refractivity contribution in [3.8, 4) is 17.3 Å². The molecule has 1 saturated heterocycles. The molecular weight excluding hydrogens is 506 g/mol. The molecule has 0 aliphatic carbocycles. The van der Waals surface area contributed by atoms with E-state index in [1.54, 1.807) is 25.3 Å². The summed E-state index contributed by atoms with van der Waals surface area (Å²) in [6.07, 6.45) is 1.47. The van der Waals surface area contributed by atoms with Crippen molar-refractivity contribution < 1.29 is 23.6 Å². The van der Waals surface area contributed by atoms with Crippen molar-refractivity contribution in [2.45, 2.75) is 13.2 Å². The van der Waals surface area contributed by atoms with E-state index in [0.29, 0.717) is 62.2 Å². The summed E-state index contributed by atoms with van der Waals surface area (Å²) in [5, 5.41) is 19.8. The fourth-order valence-electron chi connectivity index (χ4n) is 4.00. The van der Waals surface area contributed by atoms with Crippen LogP contribution in [0.3, 0.4) is 0 Å². The second-order valence-corrected chi connectivity index (χ2v) is 8.51. The molecule has 0 bridgehead atoms. The third-order valence-electron chi connectivity index (χ3n) is 5.95. The van der Waals surface area contributed by atoms with Crippen molar-refractivity contribution in [1.29, 1.82) is 0 Å². The minimum atomic E-state index is -0.573. The number of ether oxygens (including phenoxy) is 3. The maximum absolute atomic E-state index is 13.4. The number of rotatable bonds is 10. The van der Waals surface area contributed by atoms with Crippen LogP contribution in [0.25, 0.3) is 5.82 Å². The standard InChI is InChI=1S/C25H27N9O5/c1-36-20-9-5-8-18(22(20)38-16-17-6-3-2-4-7-17)14-27-29-25(35)21-19(15-33-10-12-37-13-11-33)28-32-34(21)24-23(26)30-39-31-24/h2-9,14H,10-13,15-16H2,1H3,(H2,26,30)(H,29,35)/b27-14+. The number of aromatic nitrogens is 5. The van der Waals surface area contributed by atoms with E-state index in [1.807, 2.05) is 30.3 Å². The summed E-state index contributed by atoms with van der Waals surface area (Å²) in [4.78, 5) is 15.5. The van der Waals surface area contributed by atoms with E-state index in [2.05, 4.69) is 36.1 Å². The minimum absolute atomic E-state index is 0.0352. The number of nitrogens with zero attached hydrogens (tertiary/aromatic N) is 7. The van der Waals surface area contributed by atoms with Crippen LogP contribution in [0.4, 0.5) is 5.82 Å². The minimum Gasteiger partial charge on any atom is -0.493 e. The first kappa shape index (κ1) is 25.8. The highest BCUT2D eigenvalue weighted by Crippen LogP contribution is 2.31. The number of hydrogen-bond donors (Lipinski definition) is 2. The highest BCUT2D eigenvalue weighted by atomic mass is 16.6. The summed E-state index contributed by atoms with van der Waals surface area (Å²) >= 11 is 0. The third kappa shape index (κ3) is 6.02. The van der Waals surface area contributed by atoms with Crippen LogP contribution in [0.5, 0.6) is 11.5 Å². The number of anilines is 1. The van der Waals surface area contributed by atoms with Crippen molar-refractivity contribution in [2.75, 3.05) is 39.1 Å². The van der Waals surface area contributed by atoms with E-state index >= 15 is 0 Å². The topological polar surface area (TPSA) is 168 Å². The molecule has 2 aromatic heterocycles. The first-order chi connectivity index (χ1) is 19.1. The molecule has 3 heterocycles. The molecule has 2 aromatic carbocycles. The fraction of sp³-hybridized carbons (Fsp3) is 0.280. The number of nitrogens with two attached hydrogens (primary N) is 1. The van der Waals surface area contributed by atoms with Crippen LogP contribution in [-0.2, 0) is 17.9 Å². The zero-order chi connectivity index (χ0) is 27.0. The molecular formula is C25H27N9O5. The molecule has 0 radical (unpaired) electrons. The molecule has 0 spiro atoms. The maximum atomic E-state index is 13.4. The highest BCUT2D eigenvalue weighted by Gasteiger charge is 2.26. The van der Waals surface area contributed by atoms with Crippen LogP contribution in [0.1, 0.15) is 27.3 Å². The van der Waals surface area contributed by atoms with Gasteiger partial charge < -0.3 is 19.9 Å². The summed E-state index contributed by atoms with van der Waals surface area (Å²) in [5.41, 5.74) is 10.5. The van der Waals surface area contributed by atoms with Gasteiger partial charge in [-0.15, -0.1) is 5.10 Å². The number of carbonyl (C=O) groups excluding carboxylic acids is 1. The number of methoxy groups -OCH3 is 1.